The molecule has 1 heterocycles. The molecule has 7 heteroatoms. The second kappa shape index (κ2) is 11.6. The van der Waals surface area contributed by atoms with Crippen LogP contribution in [0.4, 0.5) is 13.2 Å². The van der Waals surface area contributed by atoms with E-state index < -0.39 is 12.5 Å². The molecule has 3 atom stereocenters. The first kappa shape index (κ1) is 28.8. The van der Waals surface area contributed by atoms with E-state index >= 15 is 0 Å². The molecule has 3 unspecified atom stereocenters. The quantitative estimate of drug-likeness (QED) is 0.316. The van der Waals surface area contributed by atoms with Crippen LogP contribution in [0.25, 0.3) is 11.1 Å². The number of hydrogen-bond acceptors (Lipinski definition) is 3. The van der Waals surface area contributed by atoms with E-state index in [-0.39, 0.29) is 30.0 Å². The van der Waals surface area contributed by atoms with Crippen molar-refractivity contribution < 1.29 is 27.4 Å². The molecule has 1 aliphatic heterocycles. The highest BCUT2D eigenvalue weighted by atomic mass is 19.3. The maximum Gasteiger partial charge on any atom is 0.387 e. The van der Waals surface area contributed by atoms with Gasteiger partial charge in [-0.05, 0) is 66.7 Å². The zero-order chi connectivity index (χ0) is 29.3. The Balaban J connectivity index is 1.47. The summed E-state index contributed by atoms with van der Waals surface area (Å²) in [5.74, 6) is -1.46. The maximum atomic E-state index is 15.0. The largest absolute Gasteiger partial charge is 0.458 e. The molecule has 0 aromatic heterocycles. The van der Waals surface area contributed by atoms with Gasteiger partial charge in [0, 0.05) is 43.2 Å². The van der Waals surface area contributed by atoms with Gasteiger partial charge in [-0.15, -0.1) is 0 Å². The minimum absolute atomic E-state index is 0.0426. The number of benzene rings is 2. The lowest BCUT2D eigenvalue weighted by Crippen LogP contribution is -2.25. The van der Waals surface area contributed by atoms with Crippen molar-refractivity contribution in [2.24, 2.45) is 5.92 Å². The second-order valence-electron chi connectivity index (χ2n) is 11.1. The lowest BCUT2D eigenvalue weighted by molar-refractivity contribution is -0.119. The molecule has 3 aliphatic rings. The Morgan fingerprint density at radius 3 is 2.46 bits per heavy atom. The van der Waals surface area contributed by atoms with E-state index in [1.54, 1.807) is 19.1 Å². The third-order valence-corrected chi connectivity index (χ3v) is 8.17. The van der Waals surface area contributed by atoms with Crippen LogP contribution in [0, 0.1) is 12.3 Å². The predicted molar refractivity (Wildman–Crippen MR) is 154 cm³/mol. The molecule has 4 nitrogen and oxygen atoms in total. The van der Waals surface area contributed by atoms with Crippen LogP contribution < -0.4 is 10.1 Å². The van der Waals surface area contributed by atoms with Crippen molar-refractivity contribution >= 4 is 17.1 Å². The summed E-state index contributed by atoms with van der Waals surface area (Å²) in [6.07, 6.45) is 9.50. The number of amides is 1. The van der Waals surface area contributed by atoms with Crippen molar-refractivity contribution in [1.29, 1.82) is 0 Å². The first-order valence-corrected chi connectivity index (χ1v) is 14.1. The number of alkyl halides is 3. The van der Waals surface area contributed by atoms with Crippen molar-refractivity contribution in [3.05, 3.63) is 106 Å². The van der Waals surface area contributed by atoms with Crippen LogP contribution in [-0.4, -0.2) is 18.4 Å². The smallest absolute Gasteiger partial charge is 0.387 e. The molecule has 2 aromatic rings. The second-order valence-corrected chi connectivity index (χ2v) is 11.1. The van der Waals surface area contributed by atoms with Crippen LogP contribution >= 0.6 is 0 Å². The van der Waals surface area contributed by atoms with Gasteiger partial charge in [0.05, 0.1) is 6.04 Å². The van der Waals surface area contributed by atoms with Gasteiger partial charge >= 0.3 is 6.61 Å². The Kier molecular flexibility index (Phi) is 8.16. The highest BCUT2D eigenvalue weighted by Crippen LogP contribution is 2.43. The fraction of sp³-hybridized carbons (Fsp3) is 0.353. The van der Waals surface area contributed by atoms with Gasteiger partial charge in [0.2, 0.25) is 11.8 Å². The number of hydrogen-bond donors (Lipinski definition) is 1. The van der Waals surface area contributed by atoms with Gasteiger partial charge in [0.15, 0.2) is 0 Å². The van der Waals surface area contributed by atoms with Gasteiger partial charge in [0.1, 0.15) is 11.5 Å². The van der Waals surface area contributed by atoms with Crippen LogP contribution in [0.2, 0.25) is 0 Å². The Labute approximate surface area is 239 Å². The number of carbonyl (C=O) groups is 1. The summed E-state index contributed by atoms with van der Waals surface area (Å²) in [7, 11) is 0. The van der Waals surface area contributed by atoms with E-state index in [9.17, 15) is 18.0 Å². The van der Waals surface area contributed by atoms with E-state index in [0.717, 1.165) is 39.8 Å². The summed E-state index contributed by atoms with van der Waals surface area (Å²) in [4.78, 5) is 11.6. The van der Waals surface area contributed by atoms with E-state index in [1.807, 2.05) is 56.7 Å². The van der Waals surface area contributed by atoms with Crippen molar-refractivity contribution in [1.82, 2.24) is 5.32 Å². The van der Waals surface area contributed by atoms with Crippen LogP contribution in [0.1, 0.15) is 75.3 Å². The minimum Gasteiger partial charge on any atom is -0.458 e. The molecule has 2 aliphatic carbocycles. The standard InChI is InChI=1S/C34H35F3NO3/c1-5-34(4,37)41-30-19-26(12-14-27(30)23-10-11-23)32-21(3)20(2)25(13-16-29(32)40-33(35)36)18-22-6-8-24(9-7-22)28-15-17-31(39)38-28/h6-14,16,19,25,28,33H,5,15,17-18H2,1-4H3,(H,38,39). The maximum absolute atomic E-state index is 15.0. The van der Waals surface area contributed by atoms with Gasteiger partial charge in [-0.1, -0.05) is 61.0 Å². The van der Waals surface area contributed by atoms with Gasteiger partial charge in [-0.3, -0.25) is 4.79 Å². The molecular formula is C34H35F3NO3. The summed E-state index contributed by atoms with van der Waals surface area (Å²) < 4.78 is 53.0. The number of ether oxygens (including phenoxy) is 2. The first-order valence-electron chi connectivity index (χ1n) is 14.1. The summed E-state index contributed by atoms with van der Waals surface area (Å²) in [6.45, 7) is 3.99. The molecule has 1 radical (unpaired) electrons. The summed E-state index contributed by atoms with van der Waals surface area (Å²) in [5.41, 5.74) is 6.83. The number of carbonyl (C=O) groups excluding carboxylic acids is 1. The molecule has 0 bridgehead atoms. The number of halogens is 3. The van der Waals surface area contributed by atoms with E-state index in [1.165, 1.54) is 6.92 Å². The van der Waals surface area contributed by atoms with E-state index in [2.05, 4.69) is 17.4 Å². The Morgan fingerprint density at radius 1 is 1.12 bits per heavy atom. The Hall–Kier alpha value is -3.74. The molecule has 1 fully saturated rings. The van der Waals surface area contributed by atoms with Crippen LogP contribution in [-0.2, 0) is 16.0 Å². The number of allylic oxidation sites excluding steroid dienone is 7. The van der Waals surface area contributed by atoms with Crippen LogP contribution in [0.15, 0.2) is 77.6 Å². The lowest BCUT2D eigenvalue weighted by atomic mass is 9.87. The monoisotopic (exact) mass is 562 g/mol. The fourth-order valence-corrected chi connectivity index (χ4v) is 5.39. The number of nitrogens with one attached hydrogen (secondary N) is 1. The van der Waals surface area contributed by atoms with Crippen LogP contribution in [0.3, 0.4) is 0 Å². The lowest BCUT2D eigenvalue weighted by Gasteiger charge is -2.24. The zero-order valence-electron chi connectivity index (χ0n) is 23.8. The molecule has 1 saturated heterocycles. The topological polar surface area (TPSA) is 47.6 Å². The van der Waals surface area contributed by atoms with Gasteiger partial charge in [-0.2, -0.15) is 13.2 Å². The average molecular weight is 563 g/mol. The third kappa shape index (κ3) is 6.61. The molecule has 0 saturated carbocycles. The van der Waals surface area contributed by atoms with Crippen molar-refractivity contribution in [2.75, 3.05) is 0 Å². The molecular weight excluding hydrogens is 527 g/mol. The Bertz CT molecular complexity index is 1450. The molecule has 1 N–H and O–H groups in total. The summed E-state index contributed by atoms with van der Waals surface area (Å²) in [5, 5.41) is 2.99. The zero-order valence-corrected chi connectivity index (χ0v) is 23.8. The first-order chi connectivity index (χ1) is 19.5. The van der Waals surface area contributed by atoms with Gasteiger partial charge < -0.3 is 14.8 Å². The average Bonchev–Trinajstić information content (AvgIpc) is 3.70. The van der Waals surface area contributed by atoms with Gasteiger partial charge in [-0.25, -0.2) is 0 Å². The highest BCUT2D eigenvalue weighted by molar-refractivity contribution is 5.91. The summed E-state index contributed by atoms with van der Waals surface area (Å²) >= 11 is 0. The molecule has 41 heavy (non-hydrogen) atoms. The SMILES string of the molecule is CCC(C)(F)Oc1cc(C2=C(OC(F)F)C=CC(Cc3ccc(C4CCC(=O)N4)cc3)C(C)=C2C)ccc1C1=C[CH]1. The minimum atomic E-state index is -3.01. The van der Waals surface area contributed by atoms with E-state index in [0.29, 0.717) is 29.7 Å². The fourth-order valence-electron chi connectivity index (χ4n) is 5.39. The number of rotatable bonds is 10. The van der Waals surface area contributed by atoms with E-state index in [4.69, 9.17) is 9.47 Å². The summed E-state index contributed by atoms with van der Waals surface area (Å²) in [6, 6.07) is 13.6. The molecule has 1 amide bonds. The van der Waals surface area contributed by atoms with Crippen molar-refractivity contribution in [3.8, 4) is 5.75 Å². The predicted octanol–water partition coefficient (Wildman–Crippen LogP) is 8.43. The highest BCUT2D eigenvalue weighted by Gasteiger charge is 2.28. The molecule has 0 spiro atoms. The normalized spacial score (nSPS) is 22.0. The molecule has 215 valence electrons. The molecule has 5 rings (SSSR count). The van der Waals surface area contributed by atoms with Gasteiger partial charge in [0.25, 0.3) is 0 Å². The third-order valence-electron chi connectivity index (χ3n) is 8.17. The Morgan fingerprint density at radius 2 is 1.85 bits per heavy atom. The molecule has 2 aromatic carbocycles. The van der Waals surface area contributed by atoms with Crippen molar-refractivity contribution in [3.63, 3.8) is 0 Å². The van der Waals surface area contributed by atoms with Crippen molar-refractivity contribution in [2.45, 2.75) is 71.9 Å². The van der Waals surface area contributed by atoms with Crippen LogP contribution in [0.5, 0.6) is 5.75 Å².